The molecule has 8 nitrogen and oxygen atoms in total. The molecule has 1 fully saturated rings. The molecule has 0 bridgehead atoms. The molecule has 8 heteroatoms. The number of methoxy groups -OCH3 is 1. The molecule has 0 radical (unpaired) electrons. The molecule has 0 aliphatic carbocycles. The van der Waals surface area contributed by atoms with E-state index in [0.29, 0.717) is 36.4 Å². The Labute approximate surface area is 210 Å². The maximum atomic E-state index is 13.3. The van der Waals surface area contributed by atoms with Gasteiger partial charge in [-0.1, -0.05) is 60.7 Å². The van der Waals surface area contributed by atoms with Crippen molar-refractivity contribution < 1.29 is 23.9 Å². The Morgan fingerprint density at radius 3 is 2.28 bits per heavy atom. The van der Waals surface area contributed by atoms with E-state index in [1.807, 2.05) is 36.4 Å². The van der Waals surface area contributed by atoms with Crippen LogP contribution in [0.3, 0.4) is 0 Å². The number of ether oxygens (including phenoxy) is 2. The number of nitrogens with zero attached hydrogens (tertiary/aromatic N) is 1. The van der Waals surface area contributed by atoms with Gasteiger partial charge in [-0.2, -0.15) is 0 Å². The van der Waals surface area contributed by atoms with Gasteiger partial charge in [0.05, 0.1) is 7.11 Å². The normalized spacial score (nSPS) is 15.6. The van der Waals surface area contributed by atoms with Gasteiger partial charge in [0.25, 0.3) is 5.91 Å². The van der Waals surface area contributed by atoms with Crippen LogP contribution in [0.5, 0.6) is 5.75 Å². The molecule has 0 aromatic heterocycles. The number of amides is 3. The van der Waals surface area contributed by atoms with Gasteiger partial charge in [0.15, 0.2) is 0 Å². The van der Waals surface area contributed by atoms with Crippen molar-refractivity contribution in [1.29, 1.82) is 0 Å². The average Bonchev–Trinajstić information content (AvgIpc) is 3.42. The van der Waals surface area contributed by atoms with Crippen LogP contribution in [0.15, 0.2) is 84.9 Å². The molecule has 3 amide bonds. The minimum atomic E-state index is -0.941. The maximum absolute atomic E-state index is 13.3. The maximum Gasteiger partial charge on any atom is 0.410 e. The summed E-state index contributed by atoms with van der Waals surface area (Å²) in [7, 11) is 1.57. The van der Waals surface area contributed by atoms with E-state index >= 15 is 0 Å². The molecule has 0 unspecified atom stereocenters. The van der Waals surface area contributed by atoms with E-state index in [1.165, 1.54) is 4.90 Å². The molecule has 3 aromatic rings. The lowest BCUT2D eigenvalue weighted by Gasteiger charge is -2.26. The zero-order chi connectivity index (χ0) is 25.3. The molecular formula is C28H29N3O5. The number of anilines is 1. The minimum Gasteiger partial charge on any atom is -0.497 e. The number of hydrogen-bond donors (Lipinski definition) is 2. The zero-order valence-electron chi connectivity index (χ0n) is 20.1. The molecule has 1 saturated heterocycles. The summed E-state index contributed by atoms with van der Waals surface area (Å²) >= 11 is 0. The highest BCUT2D eigenvalue weighted by Gasteiger charge is 2.37. The van der Waals surface area contributed by atoms with Crippen LogP contribution in [-0.4, -0.2) is 42.5 Å². The Bertz CT molecular complexity index is 1170. The SMILES string of the molecule is COc1ccc(NC(=O)[C@H](NC(=O)[C@@H]2CCCN2C(=O)OCc2ccccc2)c2ccccc2)cc1. The van der Waals surface area contributed by atoms with Crippen molar-refractivity contribution in [2.45, 2.75) is 31.5 Å². The number of nitrogens with one attached hydrogen (secondary N) is 2. The van der Waals surface area contributed by atoms with Crippen LogP contribution in [0.1, 0.15) is 30.0 Å². The molecule has 1 aliphatic heterocycles. The fraction of sp³-hybridized carbons (Fsp3) is 0.250. The number of carbonyl (C=O) groups excluding carboxylic acids is 3. The Kier molecular flexibility index (Phi) is 8.18. The van der Waals surface area contributed by atoms with Crippen LogP contribution in [0.25, 0.3) is 0 Å². The van der Waals surface area contributed by atoms with Crippen LogP contribution >= 0.6 is 0 Å². The summed E-state index contributed by atoms with van der Waals surface area (Å²) in [6.45, 7) is 0.543. The first-order chi connectivity index (χ1) is 17.5. The number of likely N-dealkylation sites (tertiary alicyclic amines) is 1. The third kappa shape index (κ3) is 6.21. The van der Waals surface area contributed by atoms with Gasteiger partial charge in [-0.25, -0.2) is 4.79 Å². The van der Waals surface area contributed by atoms with Gasteiger partial charge in [0.1, 0.15) is 24.4 Å². The fourth-order valence-corrected chi connectivity index (χ4v) is 4.13. The number of benzene rings is 3. The lowest BCUT2D eigenvalue weighted by Crippen LogP contribution is -2.48. The second-order valence-electron chi connectivity index (χ2n) is 8.46. The molecular weight excluding hydrogens is 458 g/mol. The van der Waals surface area contributed by atoms with E-state index < -0.39 is 30.0 Å². The van der Waals surface area contributed by atoms with Crippen LogP contribution in [-0.2, 0) is 20.9 Å². The van der Waals surface area contributed by atoms with E-state index in [-0.39, 0.29) is 6.61 Å². The molecule has 1 heterocycles. The van der Waals surface area contributed by atoms with E-state index in [2.05, 4.69) is 10.6 Å². The molecule has 1 aliphatic rings. The molecule has 0 saturated carbocycles. The molecule has 36 heavy (non-hydrogen) atoms. The predicted octanol–water partition coefficient (Wildman–Crippen LogP) is 4.29. The summed E-state index contributed by atoms with van der Waals surface area (Å²) < 4.78 is 10.6. The largest absolute Gasteiger partial charge is 0.497 e. The highest BCUT2D eigenvalue weighted by atomic mass is 16.6. The third-order valence-corrected chi connectivity index (χ3v) is 6.03. The first-order valence-corrected chi connectivity index (χ1v) is 11.8. The van der Waals surface area contributed by atoms with E-state index in [4.69, 9.17) is 9.47 Å². The summed E-state index contributed by atoms with van der Waals surface area (Å²) in [5.74, 6) is -0.125. The van der Waals surface area contributed by atoms with Crippen molar-refractivity contribution >= 4 is 23.6 Å². The van der Waals surface area contributed by atoms with Crippen LogP contribution in [0.2, 0.25) is 0 Å². The lowest BCUT2D eigenvalue weighted by atomic mass is 10.0. The van der Waals surface area contributed by atoms with Crippen molar-refractivity contribution in [2.75, 3.05) is 19.0 Å². The topological polar surface area (TPSA) is 97.0 Å². The molecule has 4 rings (SSSR count). The highest BCUT2D eigenvalue weighted by Crippen LogP contribution is 2.23. The van der Waals surface area contributed by atoms with E-state index in [9.17, 15) is 14.4 Å². The Morgan fingerprint density at radius 2 is 1.61 bits per heavy atom. The van der Waals surface area contributed by atoms with Gasteiger partial charge >= 0.3 is 6.09 Å². The van der Waals surface area contributed by atoms with E-state index in [0.717, 1.165) is 5.56 Å². The first kappa shape index (κ1) is 24.8. The quantitative estimate of drug-likeness (QED) is 0.494. The molecule has 3 aromatic carbocycles. The minimum absolute atomic E-state index is 0.126. The van der Waals surface area contributed by atoms with Crippen LogP contribution in [0, 0.1) is 0 Å². The number of carbonyl (C=O) groups is 3. The van der Waals surface area contributed by atoms with Gasteiger partial charge in [-0.15, -0.1) is 0 Å². The van der Waals surface area contributed by atoms with Crippen molar-refractivity contribution in [2.24, 2.45) is 0 Å². The summed E-state index contributed by atoms with van der Waals surface area (Å²) in [6, 6.07) is 23.6. The first-order valence-electron chi connectivity index (χ1n) is 11.8. The Morgan fingerprint density at radius 1 is 0.944 bits per heavy atom. The smallest absolute Gasteiger partial charge is 0.410 e. The molecule has 2 atom stereocenters. The average molecular weight is 488 g/mol. The van der Waals surface area contributed by atoms with Crippen molar-refractivity contribution in [3.05, 3.63) is 96.1 Å². The predicted molar refractivity (Wildman–Crippen MR) is 135 cm³/mol. The third-order valence-electron chi connectivity index (χ3n) is 6.03. The van der Waals surface area contributed by atoms with Gasteiger partial charge < -0.3 is 20.1 Å². The fourth-order valence-electron chi connectivity index (χ4n) is 4.13. The number of rotatable bonds is 8. The molecule has 186 valence electrons. The number of hydrogen-bond acceptors (Lipinski definition) is 5. The Balaban J connectivity index is 1.44. The van der Waals surface area contributed by atoms with Gasteiger partial charge in [-0.05, 0) is 48.2 Å². The van der Waals surface area contributed by atoms with E-state index in [1.54, 1.807) is 55.6 Å². The zero-order valence-corrected chi connectivity index (χ0v) is 20.1. The standard InChI is InChI=1S/C28H29N3O5/c1-35-23-16-14-22(15-17-23)29-27(33)25(21-11-6-3-7-12-21)30-26(32)24-13-8-18-31(24)28(34)36-19-20-9-4-2-5-10-20/h2-7,9-12,14-17,24-25H,8,13,18-19H2,1H3,(H,29,33)(H,30,32)/t24-,25+/m0/s1. The molecule has 2 N–H and O–H groups in total. The summed E-state index contributed by atoms with van der Waals surface area (Å²) in [5.41, 5.74) is 2.07. The van der Waals surface area contributed by atoms with Crippen molar-refractivity contribution in [3.63, 3.8) is 0 Å². The van der Waals surface area contributed by atoms with Gasteiger partial charge in [0.2, 0.25) is 5.91 Å². The summed E-state index contributed by atoms with van der Waals surface area (Å²) in [5, 5.41) is 5.70. The Hall–Kier alpha value is -4.33. The van der Waals surface area contributed by atoms with Gasteiger partial charge in [-0.3, -0.25) is 14.5 Å². The second kappa shape index (κ2) is 11.9. The lowest BCUT2D eigenvalue weighted by molar-refractivity contribution is -0.129. The van der Waals surface area contributed by atoms with Crippen molar-refractivity contribution in [1.82, 2.24) is 10.2 Å². The highest BCUT2D eigenvalue weighted by molar-refractivity contribution is 5.99. The summed E-state index contributed by atoms with van der Waals surface area (Å²) in [4.78, 5) is 40.7. The monoisotopic (exact) mass is 487 g/mol. The second-order valence-corrected chi connectivity index (χ2v) is 8.46. The van der Waals surface area contributed by atoms with Crippen LogP contribution in [0.4, 0.5) is 10.5 Å². The van der Waals surface area contributed by atoms with Crippen LogP contribution < -0.4 is 15.4 Å². The van der Waals surface area contributed by atoms with Gasteiger partial charge in [0, 0.05) is 12.2 Å². The molecule has 0 spiro atoms. The summed E-state index contributed by atoms with van der Waals surface area (Å²) in [6.07, 6.45) is 0.621. The van der Waals surface area contributed by atoms with Crippen molar-refractivity contribution in [3.8, 4) is 5.75 Å².